The number of hydrogen-bond acceptors (Lipinski definition) is 2. The van der Waals surface area contributed by atoms with Crippen molar-refractivity contribution in [2.45, 2.75) is 47.0 Å². The van der Waals surface area contributed by atoms with Crippen molar-refractivity contribution < 1.29 is 5.11 Å². The molecule has 0 aliphatic heterocycles. The number of guanidine groups is 1. The average molecular weight is 283 g/mol. The van der Waals surface area contributed by atoms with Crippen LogP contribution in [0.2, 0.25) is 0 Å². The Hall–Kier alpha value is -1.03. The molecule has 4 nitrogen and oxygen atoms in total. The maximum Gasteiger partial charge on any atom is 0.191 e. The van der Waals surface area contributed by atoms with Gasteiger partial charge in [-0.2, -0.15) is 0 Å². The van der Waals surface area contributed by atoms with E-state index in [1.54, 1.807) is 0 Å². The first-order chi connectivity index (χ1) is 9.63. The molecule has 0 saturated heterocycles. The van der Waals surface area contributed by atoms with Crippen molar-refractivity contribution in [1.82, 2.24) is 10.6 Å². The lowest BCUT2D eigenvalue weighted by atomic mass is 9.94. The molecule has 0 rings (SSSR count). The summed E-state index contributed by atoms with van der Waals surface area (Å²) in [5.41, 5.74) is 0. The lowest BCUT2D eigenvalue weighted by Crippen LogP contribution is -2.38. The third kappa shape index (κ3) is 10.9. The first-order valence-electron chi connectivity index (χ1n) is 7.88. The molecule has 20 heavy (non-hydrogen) atoms. The Labute approximate surface area is 124 Å². The lowest BCUT2D eigenvalue weighted by Gasteiger charge is -2.17. The Bertz CT molecular complexity index is 275. The topological polar surface area (TPSA) is 56.7 Å². The van der Waals surface area contributed by atoms with E-state index in [2.05, 4.69) is 48.5 Å². The third-order valence-electron chi connectivity index (χ3n) is 3.03. The molecule has 0 spiro atoms. The van der Waals surface area contributed by atoms with E-state index in [9.17, 15) is 0 Å². The first kappa shape index (κ1) is 19.0. The fourth-order valence-corrected chi connectivity index (χ4v) is 2.14. The average Bonchev–Trinajstić information content (AvgIpc) is 2.40. The summed E-state index contributed by atoms with van der Waals surface area (Å²) in [4.78, 5) is 4.64. The molecule has 0 bridgehead atoms. The number of aliphatic hydroxyl groups excluding tert-OH is 1. The fraction of sp³-hybridized carbons (Fsp3) is 0.812. The van der Waals surface area contributed by atoms with E-state index < -0.39 is 0 Å². The summed E-state index contributed by atoms with van der Waals surface area (Å²) in [7, 11) is 0. The number of nitrogens with zero attached hydrogens (tertiary/aromatic N) is 1. The number of hydrogen-bond donors (Lipinski definition) is 3. The van der Waals surface area contributed by atoms with Gasteiger partial charge in [0.2, 0.25) is 0 Å². The summed E-state index contributed by atoms with van der Waals surface area (Å²) < 4.78 is 0. The molecule has 0 fully saturated rings. The van der Waals surface area contributed by atoms with Crippen LogP contribution in [0.5, 0.6) is 0 Å². The molecule has 0 aliphatic rings. The minimum atomic E-state index is 0.248. The van der Waals surface area contributed by atoms with Crippen molar-refractivity contribution in [3.8, 4) is 0 Å². The number of aliphatic imine (C=N–C) groups is 1. The zero-order valence-corrected chi connectivity index (χ0v) is 13.7. The first-order valence-corrected chi connectivity index (χ1v) is 7.88. The van der Waals surface area contributed by atoms with E-state index in [1.165, 1.54) is 0 Å². The summed E-state index contributed by atoms with van der Waals surface area (Å²) >= 11 is 0. The molecule has 1 unspecified atom stereocenters. The van der Waals surface area contributed by atoms with E-state index in [4.69, 9.17) is 5.11 Å². The van der Waals surface area contributed by atoms with Crippen molar-refractivity contribution >= 4 is 5.96 Å². The summed E-state index contributed by atoms with van der Waals surface area (Å²) in [5.74, 6) is 1.99. The second kappa shape index (κ2) is 13.0. The summed E-state index contributed by atoms with van der Waals surface area (Å²) in [6.07, 6.45) is 7.16. The Morgan fingerprint density at radius 2 is 2.05 bits per heavy atom. The highest BCUT2D eigenvalue weighted by Crippen LogP contribution is 2.15. The highest BCUT2D eigenvalue weighted by Gasteiger charge is 2.10. The molecule has 0 amide bonds. The number of nitrogens with one attached hydrogen (secondary N) is 2. The van der Waals surface area contributed by atoms with Gasteiger partial charge in [-0.15, -0.1) is 0 Å². The monoisotopic (exact) mass is 283 g/mol. The summed E-state index contributed by atoms with van der Waals surface area (Å²) in [5, 5.41) is 15.7. The van der Waals surface area contributed by atoms with Gasteiger partial charge in [-0.3, -0.25) is 4.99 Å². The smallest absolute Gasteiger partial charge is 0.191 e. The van der Waals surface area contributed by atoms with E-state index in [-0.39, 0.29) is 6.61 Å². The largest absolute Gasteiger partial charge is 0.396 e. The van der Waals surface area contributed by atoms with Crippen LogP contribution in [0.25, 0.3) is 0 Å². The van der Waals surface area contributed by atoms with Gasteiger partial charge in [0.25, 0.3) is 0 Å². The number of allylic oxidation sites excluding steroid dienone is 1. The van der Waals surface area contributed by atoms with Crippen LogP contribution in [0.15, 0.2) is 17.1 Å². The van der Waals surface area contributed by atoms with Crippen LogP contribution >= 0.6 is 0 Å². The molecule has 1 atom stereocenters. The van der Waals surface area contributed by atoms with Gasteiger partial charge in [0, 0.05) is 26.2 Å². The third-order valence-corrected chi connectivity index (χ3v) is 3.03. The fourth-order valence-electron chi connectivity index (χ4n) is 2.14. The van der Waals surface area contributed by atoms with Crippen LogP contribution < -0.4 is 10.6 Å². The van der Waals surface area contributed by atoms with Gasteiger partial charge in [0.15, 0.2) is 5.96 Å². The molecule has 118 valence electrons. The van der Waals surface area contributed by atoms with Crippen LogP contribution in [-0.2, 0) is 0 Å². The second-order valence-electron chi connectivity index (χ2n) is 5.51. The molecule has 4 heteroatoms. The molecule has 3 N–H and O–H groups in total. The predicted molar refractivity (Wildman–Crippen MR) is 88.1 cm³/mol. The number of aliphatic hydroxyl groups is 1. The molecule has 0 aromatic heterocycles. The van der Waals surface area contributed by atoms with Crippen molar-refractivity contribution in [1.29, 1.82) is 0 Å². The minimum absolute atomic E-state index is 0.248. The molecule has 0 heterocycles. The molecule has 0 saturated carbocycles. The van der Waals surface area contributed by atoms with Gasteiger partial charge in [-0.05, 0) is 44.9 Å². The summed E-state index contributed by atoms with van der Waals surface area (Å²) in [6, 6.07) is 0. The van der Waals surface area contributed by atoms with Gasteiger partial charge in [-0.1, -0.05) is 26.0 Å². The molecular weight excluding hydrogens is 250 g/mol. The van der Waals surface area contributed by atoms with Crippen LogP contribution in [0, 0.1) is 11.8 Å². The van der Waals surface area contributed by atoms with Crippen molar-refractivity contribution in [3.63, 3.8) is 0 Å². The van der Waals surface area contributed by atoms with Gasteiger partial charge in [-0.25, -0.2) is 0 Å². The van der Waals surface area contributed by atoms with Crippen LogP contribution in [0.1, 0.15) is 47.0 Å². The maximum absolute atomic E-state index is 9.13. The van der Waals surface area contributed by atoms with Gasteiger partial charge < -0.3 is 15.7 Å². The van der Waals surface area contributed by atoms with Gasteiger partial charge in [0.1, 0.15) is 0 Å². The standard InChI is InChI=1S/C16H33N3O/c1-5-7-8-10-18-16(17-6-2)19-13-15(9-11-20)12-14(3)4/h5,7,14-15,20H,6,8-13H2,1-4H3,(H2,17,18,19)/b7-5+. The molecule has 0 aromatic rings. The van der Waals surface area contributed by atoms with Crippen LogP contribution in [0.3, 0.4) is 0 Å². The maximum atomic E-state index is 9.13. The van der Waals surface area contributed by atoms with E-state index in [1.807, 2.05) is 6.92 Å². The Balaban J connectivity index is 4.31. The van der Waals surface area contributed by atoms with E-state index in [0.29, 0.717) is 11.8 Å². The Kier molecular flexibility index (Phi) is 12.3. The van der Waals surface area contributed by atoms with Crippen molar-refractivity contribution in [2.24, 2.45) is 16.8 Å². The Morgan fingerprint density at radius 1 is 1.30 bits per heavy atom. The van der Waals surface area contributed by atoms with Gasteiger partial charge in [0.05, 0.1) is 0 Å². The molecular formula is C16H33N3O. The SMILES string of the molecule is C/C=C/CCNC(=NCC(CCO)CC(C)C)NCC. The van der Waals surface area contributed by atoms with E-state index in [0.717, 1.165) is 44.9 Å². The zero-order valence-electron chi connectivity index (χ0n) is 13.7. The second-order valence-corrected chi connectivity index (χ2v) is 5.51. The molecule has 0 aromatic carbocycles. The predicted octanol–water partition coefficient (Wildman–Crippen LogP) is 2.55. The summed E-state index contributed by atoms with van der Waals surface area (Å²) in [6.45, 7) is 11.3. The van der Waals surface area contributed by atoms with Crippen LogP contribution in [-0.4, -0.2) is 37.3 Å². The van der Waals surface area contributed by atoms with Crippen molar-refractivity contribution in [2.75, 3.05) is 26.2 Å². The Morgan fingerprint density at radius 3 is 2.60 bits per heavy atom. The van der Waals surface area contributed by atoms with Crippen LogP contribution in [0.4, 0.5) is 0 Å². The zero-order chi connectivity index (χ0) is 15.2. The highest BCUT2D eigenvalue weighted by molar-refractivity contribution is 5.79. The van der Waals surface area contributed by atoms with Gasteiger partial charge >= 0.3 is 0 Å². The van der Waals surface area contributed by atoms with Crippen molar-refractivity contribution in [3.05, 3.63) is 12.2 Å². The minimum Gasteiger partial charge on any atom is -0.396 e. The quantitative estimate of drug-likeness (QED) is 0.250. The number of rotatable bonds is 10. The molecule has 0 radical (unpaired) electrons. The molecule has 0 aliphatic carbocycles. The lowest BCUT2D eigenvalue weighted by molar-refractivity contribution is 0.245. The highest BCUT2D eigenvalue weighted by atomic mass is 16.3. The van der Waals surface area contributed by atoms with E-state index >= 15 is 0 Å². The normalized spacial score (nSPS) is 14.0.